The van der Waals surface area contributed by atoms with Crippen molar-refractivity contribution >= 4 is 21.6 Å². The largest absolute Gasteiger partial charge is 0.365 e. The summed E-state index contributed by atoms with van der Waals surface area (Å²) in [5.41, 5.74) is 0. The molecule has 0 aromatic heterocycles. The summed E-state index contributed by atoms with van der Waals surface area (Å²) in [5, 5.41) is 35.4. The Kier molecular flexibility index (Phi) is 4.90. The second-order valence-corrected chi connectivity index (χ2v) is 5.42. The number of aliphatic hydroxyl groups is 4. The van der Waals surface area contributed by atoms with E-state index in [9.17, 15) is 0 Å². The van der Waals surface area contributed by atoms with Gasteiger partial charge in [0.1, 0.15) is 0 Å². The molecule has 0 bridgehead atoms. The molecule has 0 aliphatic carbocycles. The molecule has 0 unspecified atom stereocenters. The van der Waals surface area contributed by atoms with Crippen LogP contribution in [0.4, 0.5) is 0 Å². The molecule has 0 aliphatic heterocycles. The topological polar surface area (TPSA) is 80.9 Å². The molecule has 0 aliphatic rings. The molecule has 6 heteroatoms. The molecule has 0 aromatic rings. The molecule has 0 aromatic carbocycles. The first-order valence-corrected chi connectivity index (χ1v) is 5.83. The summed E-state index contributed by atoms with van der Waals surface area (Å²) < 4.78 is 0. The van der Waals surface area contributed by atoms with Crippen molar-refractivity contribution in [3.05, 3.63) is 0 Å². The molecule has 0 atom stereocenters. The maximum atomic E-state index is 8.84. The van der Waals surface area contributed by atoms with Gasteiger partial charge in [0.05, 0.1) is 11.5 Å². The molecular weight excluding hydrogens is 200 g/mol. The van der Waals surface area contributed by atoms with Crippen molar-refractivity contribution in [2.45, 2.75) is 25.4 Å². The smallest absolute Gasteiger partial charge is 0.169 e. The lowest BCUT2D eigenvalue weighted by atomic mass is 10.4. The number of rotatable bonds is 5. The van der Waals surface area contributed by atoms with E-state index in [2.05, 4.69) is 0 Å². The van der Waals surface area contributed by atoms with E-state index in [1.807, 2.05) is 0 Å². The monoisotopic (exact) mass is 214 g/mol. The minimum absolute atomic E-state index is 0.133. The molecule has 0 saturated heterocycles. The first-order valence-electron chi connectivity index (χ1n) is 3.35. The van der Waals surface area contributed by atoms with Gasteiger partial charge in [-0.25, -0.2) is 0 Å². The third-order valence-corrected chi connectivity index (χ3v) is 3.45. The van der Waals surface area contributed by atoms with Gasteiger partial charge in [0, 0.05) is 0 Å². The highest BCUT2D eigenvalue weighted by molar-refractivity contribution is 8.76. The highest BCUT2D eigenvalue weighted by Gasteiger charge is 2.18. The summed E-state index contributed by atoms with van der Waals surface area (Å²) in [6.45, 7) is 2.55. The summed E-state index contributed by atoms with van der Waals surface area (Å²) in [5.74, 6) is -3.13. The third-order valence-electron chi connectivity index (χ3n) is 0.748. The Bertz CT molecular complexity index is 110. The molecule has 0 saturated carbocycles. The maximum absolute atomic E-state index is 8.84. The molecule has 74 valence electrons. The fourth-order valence-corrected chi connectivity index (χ4v) is 2.76. The summed E-state index contributed by atoms with van der Waals surface area (Å²) >= 11 is 0. The van der Waals surface area contributed by atoms with Crippen molar-refractivity contribution in [1.29, 1.82) is 0 Å². The van der Waals surface area contributed by atoms with Gasteiger partial charge in [0.25, 0.3) is 0 Å². The van der Waals surface area contributed by atoms with Crippen LogP contribution >= 0.6 is 21.6 Å². The Labute approximate surface area is 79.4 Å². The molecule has 0 spiro atoms. The van der Waals surface area contributed by atoms with Gasteiger partial charge in [-0.1, -0.05) is 21.6 Å². The van der Waals surface area contributed by atoms with E-state index in [0.717, 1.165) is 0 Å². The van der Waals surface area contributed by atoms with Crippen LogP contribution in [-0.2, 0) is 0 Å². The van der Waals surface area contributed by atoms with Gasteiger partial charge < -0.3 is 20.4 Å². The van der Waals surface area contributed by atoms with E-state index in [1.165, 1.54) is 35.4 Å². The lowest BCUT2D eigenvalue weighted by Crippen LogP contribution is -2.27. The highest BCUT2D eigenvalue weighted by Crippen LogP contribution is 2.27. The predicted molar refractivity (Wildman–Crippen MR) is 50.6 cm³/mol. The average molecular weight is 214 g/mol. The molecule has 0 heterocycles. The molecule has 0 radical (unpaired) electrons. The fraction of sp³-hybridized carbons (Fsp3) is 1.00. The van der Waals surface area contributed by atoms with E-state index in [4.69, 9.17) is 20.4 Å². The van der Waals surface area contributed by atoms with Gasteiger partial charge in [-0.3, -0.25) is 0 Å². The summed E-state index contributed by atoms with van der Waals surface area (Å²) in [7, 11) is 2.37. The summed E-state index contributed by atoms with van der Waals surface area (Å²) in [6.07, 6.45) is 0. The van der Waals surface area contributed by atoms with Crippen LogP contribution in [0.1, 0.15) is 13.8 Å². The number of hydrogen-bond acceptors (Lipinski definition) is 6. The zero-order valence-electron chi connectivity index (χ0n) is 7.02. The minimum Gasteiger partial charge on any atom is -0.365 e. The van der Waals surface area contributed by atoms with E-state index in [-0.39, 0.29) is 11.5 Å². The molecular formula is C6H14O4S2. The normalized spacial score (nSPS) is 13.5. The second-order valence-electron chi connectivity index (χ2n) is 2.96. The van der Waals surface area contributed by atoms with Crippen LogP contribution in [0.3, 0.4) is 0 Å². The van der Waals surface area contributed by atoms with E-state index in [1.54, 1.807) is 0 Å². The Hall–Kier alpha value is 0.540. The van der Waals surface area contributed by atoms with Crippen molar-refractivity contribution in [3.63, 3.8) is 0 Å². The van der Waals surface area contributed by atoms with Gasteiger partial charge in [-0.05, 0) is 13.8 Å². The Morgan fingerprint density at radius 2 is 1.08 bits per heavy atom. The van der Waals surface area contributed by atoms with E-state index in [0.29, 0.717) is 0 Å². The molecule has 4 nitrogen and oxygen atoms in total. The Morgan fingerprint density at radius 1 is 0.833 bits per heavy atom. The van der Waals surface area contributed by atoms with Crippen molar-refractivity contribution in [3.8, 4) is 0 Å². The Balaban J connectivity index is 3.35. The first-order chi connectivity index (χ1) is 5.21. The van der Waals surface area contributed by atoms with Gasteiger partial charge >= 0.3 is 0 Å². The zero-order chi connectivity index (χ0) is 9.83. The summed E-state index contributed by atoms with van der Waals surface area (Å²) in [4.78, 5) is 0. The quantitative estimate of drug-likeness (QED) is 0.287. The van der Waals surface area contributed by atoms with E-state index < -0.39 is 11.6 Å². The number of hydrogen-bond donors (Lipinski definition) is 4. The fourth-order valence-electron chi connectivity index (χ4n) is 0.307. The van der Waals surface area contributed by atoms with Gasteiger partial charge in [0.2, 0.25) is 0 Å². The van der Waals surface area contributed by atoms with Crippen LogP contribution in [0.5, 0.6) is 0 Å². The maximum Gasteiger partial charge on any atom is 0.169 e. The van der Waals surface area contributed by atoms with Gasteiger partial charge in [-0.15, -0.1) is 0 Å². The van der Waals surface area contributed by atoms with Gasteiger partial charge in [0.15, 0.2) is 11.6 Å². The standard InChI is InChI=1S/C6H14O4S2/c1-5(7,8)3-11-12-4-6(2,9)10/h7-10H,3-4H2,1-2H3. The van der Waals surface area contributed by atoms with Crippen molar-refractivity contribution in [1.82, 2.24) is 0 Å². The Morgan fingerprint density at radius 3 is 1.25 bits per heavy atom. The molecule has 0 rings (SSSR count). The van der Waals surface area contributed by atoms with Crippen LogP contribution in [-0.4, -0.2) is 43.5 Å². The first kappa shape index (κ1) is 12.5. The third kappa shape index (κ3) is 10.5. The van der Waals surface area contributed by atoms with Crippen LogP contribution in [0.15, 0.2) is 0 Å². The van der Waals surface area contributed by atoms with Gasteiger partial charge in [-0.2, -0.15) is 0 Å². The zero-order valence-corrected chi connectivity index (χ0v) is 8.65. The molecule has 0 amide bonds. The molecule has 0 fully saturated rings. The highest BCUT2D eigenvalue weighted by atomic mass is 33.1. The van der Waals surface area contributed by atoms with Crippen LogP contribution in [0, 0.1) is 0 Å². The molecule has 4 N–H and O–H groups in total. The summed E-state index contributed by atoms with van der Waals surface area (Å²) in [6, 6.07) is 0. The lowest BCUT2D eigenvalue weighted by molar-refractivity contribution is -0.124. The van der Waals surface area contributed by atoms with Crippen LogP contribution in [0.2, 0.25) is 0 Å². The molecule has 12 heavy (non-hydrogen) atoms. The van der Waals surface area contributed by atoms with Crippen molar-refractivity contribution in [2.24, 2.45) is 0 Å². The lowest BCUT2D eigenvalue weighted by Gasteiger charge is -2.17. The van der Waals surface area contributed by atoms with Crippen molar-refractivity contribution < 1.29 is 20.4 Å². The SMILES string of the molecule is CC(O)(O)CSSCC(C)(O)O. The van der Waals surface area contributed by atoms with Crippen molar-refractivity contribution in [2.75, 3.05) is 11.5 Å². The van der Waals surface area contributed by atoms with Crippen LogP contribution in [0.25, 0.3) is 0 Å². The second kappa shape index (κ2) is 4.69. The van der Waals surface area contributed by atoms with Crippen LogP contribution < -0.4 is 0 Å². The van der Waals surface area contributed by atoms with E-state index >= 15 is 0 Å². The minimum atomic E-state index is -1.70. The average Bonchev–Trinajstić information content (AvgIpc) is 1.76. The predicted octanol–water partition coefficient (Wildman–Crippen LogP) is -0.231.